The Balaban J connectivity index is 2.07. The summed E-state index contributed by atoms with van der Waals surface area (Å²) in [6, 6.07) is 0. The second kappa shape index (κ2) is 5.95. The molecule has 1 aromatic heterocycles. The van der Waals surface area contributed by atoms with Crippen molar-refractivity contribution in [2.75, 3.05) is 6.54 Å². The molecule has 0 amide bonds. The van der Waals surface area contributed by atoms with Crippen LogP contribution in [-0.4, -0.2) is 22.6 Å². The van der Waals surface area contributed by atoms with Gasteiger partial charge in [-0.2, -0.15) is 0 Å². The summed E-state index contributed by atoms with van der Waals surface area (Å²) in [5, 5.41) is 12.4. The molecular formula is C8H11ClN2O2S. The highest BCUT2D eigenvalue weighted by Gasteiger charge is 1.99. The monoisotopic (exact) mass is 234 g/mol. The molecule has 0 radical (unpaired) electrons. The Morgan fingerprint density at radius 3 is 3.07 bits per heavy atom. The van der Waals surface area contributed by atoms with Gasteiger partial charge in [-0.05, 0) is 13.0 Å². The lowest BCUT2D eigenvalue weighted by Crippen LogP contribution is -2.15. The van der Waals surface area contributed by atoms with Gasteiger partial charge in [0.1, 0.15) is 9.34 Å². The van der Waals surface area contributed by atoms with Crippen molar-refractivity contribution in [1.82, 2.24) is 10.3 Å². The number of aromatic nitrogens is 1. The van der Waals surface area contributed by atoms with Crippen molar-refractivity contribution in [1.29, 1.82) is 0 Å². The van der Waals surface area contributed by atoms with Crippen LogP contribution in [0.5, 0.6) is 0 Å². The van der Waals surface area contributed by atoms with Crippen molar-refractivity contribution in [2.24, 2.45) is 0 Å². The maximum Gasteiger partial charge on any atom is 0.303 e. The highest BCUT2D eigenvalue weighted by molar-refractivity contribution is 7.15. The molecule has 14 heavy (non-hydrogen) atoms. The van der Waals surface area contributed by atoms with Crippen molar-refractivity contribution in [3.63, 3.8) is 0 Å². The Kier molecular flexibility index (Phi) is 4.86. The molecule has 0 atom stereocenters. The Labute approximate surface area is 90.9 Å². The summed E-state index contributed by atoms with van der Waals surface area (Å²) in [6.07, 6.45) is 2.44. The van der Waals surface area contributed by atoms with Gasteiger partial charge in [-0.25, -0.2) is 4.98 Å². The van der Waals surface area contributed by atoms with Gasteiger partial charge < -0.3 is 10.4 Å². The van der Waals surface area contributed by atoms with E-state index in [2.05, 4.69) is 10.3 Å². The van der Waals surface area contributed by atoms with Crippen LogP contribution in [0.25, 0.3) is 0 Å². The molecule has 4 nitrogen and oxygen atoms in total. The number of nitrogens with zero attached hydrogens (tertiary/aromatic N) is 1. The van der Waals surface area contributed by atoms with E-state index in [9.17, 15) is 4.79 Å². The van der Waals surface area contributed by atoms with Gasteiger partial charge in [0.25, 0.3) is 0 Å². The fourth-order valence-corrected chi connectivity index (χ4v) is 1.86. The van der Waals surface area contributed by atoms with E-state index in [1.54, 1.807) is 6.20 Å². The Morgan fingerprint density at radius 1 is 1.71 bits per heavy atom. The van der Waals surface area contributed by atoms with Gasteiger partial charge in [0.15, 0.2) is 0 Å². The van der Waals surface area contributed by atoms with Gasteiger partial charge in [0, 0.05) is 13.0 Å². The zero-order valence-corrected chi connectivity index (χ0v) is 9.07. The maximum absolute atomic E-state index is 10.2. The van der Waals surface area contributed by atoms with Crippen LogP contribution in [0.4, 0.5) is 0 Å². The Bertz CT molecular complexity index is 303. The summed E-state index contributed by atoms with van der Waals surface area (Å²) >= 11 is 7.12. The lowest BCUT2D eigenvalue weighted by molar-refractivity contribution is -0.137. The number of aliphatic carboxylic acids is 1. The predicted octanol–water partition coefficient (Wildman–Crippen LogP) is 1.75. The van der Waals surface area contributed by atoms with Crippen LogP contribution in [-0.2, 0) is 11.3 Å². The number of carboxylic acids is 1. The molecule has 0 unspecified atom stereocenters. The fraction of sp³-hybridized carbons (Fsp3) is 0.500. The van der Waals surface area contributed by atoms with Crippen LogP contribution < -0.4 is 5.32 Å². The van der Waals surface area contributed by atoms with Crippen LogP contribution >= 0.6 is 22.9 Å². The van der Waals surface area contributed by atoms with Crippen LogP contribution in [0.2, 0.25) is 4.34 Å². The highest BCUT2D eigenvalue weighted by atomic mass is 35.5. The second-order valence-electron chi connectivity index (χ2n) is 2.73. The van der Waals surface area contributed by atoms with Gasteiger partial charge >= 0.3 is 5.97 Å². The third kappa shape index (κ3) is 4.55. The minimum absolute atomic E-state index is 0.200. The molecule has 0 saturated heterocycles. The third-order valence-corrected chi connectivity index (χ3v) is 2.66. The maximum atomic E-state index is 10.2. The summed E-state index contributed by atoms with van der Waals surface area (Å²) in [6.45, 7) is 1.33. The number of hydrogen-bond acceptors (Lipinski definition) is 4. The number of thiazole rings is 1. The molecule has 0 saturated carbocycles. The Hall–Kier alpha value is -0.650. The molecule has 0 aliphatic carbocycles. The first-order chi connectivity index (χ1) is 6.68. The van der Waals surface area contributed by atoms with E-state index in [0.717, 1.165) is 5.01 Å². The van der Waals surface area contributed by atoms with E-state index in [0.29, 0.717) is 23.8 Å². The van der Waals surface area contributed by atoms with Crippen LogP contribution in [0.3, 0.4) is 0 Å². The number of rotatable bonds is 6. The number of carbonyl (C=O) groups is 1. The average molecular weight is 235 g/mol. The molecule has 0 bridgehead atoms. The topological polar surface area (TPSA) is 62.2 Å². The SMILES string of the molecule is O=C(O)CCCNCc1ncc(Cl)s1. The first-order valence-corrected chi connectivity index (χ1v) is 5.40. The number of halogens is 1. The third-order valence-electron chi connectivity index (χ3n) is 1.55. The summed E-state index contributed by atoms with van der Waals surface area (Å²) in [7, 11) is 0. The van der Waals surface area contributed by atoms with E-state index >= 15 is 0 Å². The smallest absolute Gasteiger partial charge is 0.303 e. The standard InChI is InChI=1S/C8H11ClN2O2S/c9-6-4-11-7(14-6)5-10-3-1-2-8(12)13/h4,10H,1-3,5H2,(H,12,13). The predicted molar refractivity (Wildman–Crippen MR) is 55.7 cm³/mol. The van der Waals surface area contributed by atoms with Gasteiger partial charge in [-0.15, -0.1) is 11.3 Å². The molecule has 0 spiro atoms. The average Bonchev–Trinajstić information content (AvgIpc) is 2.50. The van der Waals surface area contributed by atoms with Crippen molar-refractivity contribution in [3.05, 3.63) is 15.5 Å². The van der Waals surface area contributed by atoms with Gasteiger partial charge in [0.05, 0.1) is 6.20 Å². The first-order valence-electron chi connectivity index (χ1n) is 4.21. The summed E-state index contributed by atoms with van der Waals surface area (Å²) < 4.78 is 0.673. The number of nitrogens with one attached hydrogen (secondary N) is 1. The van der Waals surface area contributed by atoms with E-state index in [4.69, 9.17) is 16.7 Å². The highest BCUT2D eigenvalue weighted by Crippen LogP contribution is 2.17. The molecule has 2 N–H and O–H groups in total. The zero-order valence-electron chi connectivity index (χ0n) is 7.49. The van der Waals surface area contributed by atoms with Gasteiger partial charge in [0.2, 0.25) is 0 Å². The Morgan fingerprint density at radius 2 is 2.50 bits per heavy atom. The summed E-state index contributed by atoms with van der Waals surface area (Å²) in [5.74, 6) is -0.760. The zero-order chi connectivity index (χ0) is 10.4. The number of hydrogen-bond donors (Lipinski definition) is 2. The molecule has 0 aliphatic heterocycles. The molecule has 1 rings (SSSR count). The minimum Gasteiger partial charge on any atom is -0.481 e. The summed E-state index contributed by atoms with van der Waals surface area (Å²) in [5.41, 5.74) is 0. The molecule has 1 heterocycles. The quantitative estimate of drug-likeness (QED) is 0.737. The first kappa shape index (κ1) is 11.4. The van der Waals surface area contributed by atoms with Crippen molar-refractivity contribution < 1.29 is 9.90 Å². The molecule has 0 aromatic carbocycles. The number of carboxylic acid groups (broad SMARTS) is 1. The van der Waals surface area contributed by atoms with E-state index in [1.807, 2.05) is 0 Å². The normalized spacial score (nSPS) is 10.4. The van der Waals surface area contributed by atoms with E-state index in [-0.39, 0.29) is 6.42 Å². The fourth-order valence-electron chi connectivity index (χ4n) is 0.930. The van der Waals surface area contributed by atoms with Gasteiger partial charge in [-0.1, -0.05) is 11.6 Å². The van der Waals surface area contributed by atoms with Crippen molar-refractivity contribution >= 4 is 28.9 Å². The second-order valence-corrected chi connectivity index (χ2v) is 4.48. The van der Waals surface area contributed by atoms with Gasteiger partial charge in [-0.3, -0.25) is 4.79 Å². The lowest BCUT2D eigenvalue weighted by atomic mass is 10.3. The largest absolute Gasteiger partial charge is 0.481 e. The molecular weight excluding hydrogens is 224 g/mol. The van der Waals surface area contributed by atoms with E-state index in [1.165, 1.54) is 11.3 Å². The van der Waals surface area contributed by atoms with E-state index < -0.39 is 5.97 Å². The van der Waals surface area contributed by atoms with Crippen LogP contribution in [0, 0.1) is 0 Å². The van der Waals surface area contributed by atoms with Crippen molar-refractivity contribution in [2.45, 2.75) is 19.4 Å². The molecule has 6 heteroatoms. The lowest BCUT2D eigenvalue weighted by Gasteiger charge is -1.99. The summed E-state index contributed by atoms with van der Waals surface area (Å²) in [4.78, 5) is 14.2. The molecule has 1 aromatic rings. The van der Waals surface area contributed by atoms with Crippen LogP contribution in [0.1, 0.15) is 17.8 Å². The minimum atomic E-state index is -0.760. The molecule has 0 fully saturated rings. The van der Waals surface area contributed by atoms with Crippen molar-refractivity contribution in [3.8, 4) is 0 Å². The molecule has 78 valence electrons. The van der Waals surface area contributed by atoms with Crippen LogP contribution in [0.15, 0.2) is 6.20 Å². The molecule has 0 aliphatic rings.